The monoisotopic (exact) mass is 209 g/mol. The van der Waals surface area contributed by atoms with E-state index in [0.717, 1.165) is 5.46 Å². The van der Waals surface area contributed by atoms with Gasteiger partial charge in [-0.2, -0.15) is 0 Å². The molecule has 0 aromatic carbocycles. The number of nitrogens with zero attached hydrogens (tertiary/aromatic N) is 2. The molecule has 0 fully saturated rings. The molecule has 0 aliphatic rings. The molecule has 3 nitrogen and oxygen atoms in total. The Hall–Kier alpha value is -1.59. The summed E-state index contributed by atoms with van der Waals surface area (Å²) in [6.45, 7) is -0.355. The largest absolute Gasteiger partial charge is 0.376 e. The molecular formula is C9H10BF2N3. The molecule has 0 unspecified atom stereocenters. The third kappa shape index (κ3) is 2.08. The molecule has 0 atom stereocenters. The number of anilines is 1. The third-order valence-electron chi connectivity index (χ3n) is 2.07. The Morgan fingerprint density at radius 3 is 3.07 bits per heavy atom. The first-order valence-electron chi connectivity index (χ1n) is 4.62. The maximum atomic E-state index is 12.1. The van der Waals surface area contributed by atoms with Crippen LogP contribution < -0.4 is 10.8 Å². The zero-order valence-corrected chi connectivity index (χ0v) is 8.24. The van der Waals surface area contributed by atoms with E-state index in [9.17, 15) is 8.78 Å². The van der Waals surface area contributed by atoms with E-state index in [1.165, 1.54) is 0 Å². The van der Waals surface area contributed by atoms with Gasteiger partial charge in [0, 0.05) is 18.6 Å². The first-order valence-corrected chi connectivity index (χ1v) is 4.62. The van der Waals surface area contributed by atoms with Crippen molar-refractivity contribution >= 4 is 24.6 Å². The number of rotatable bonds is 3. The molecule has 0 radical (unpaired) electrons. The quantitative estimate of drug-likeness (QED) is 0.735. The van der Waals surface area contributed by atoms with E-state index < -0.39 is 6.43 Å². The molecule has 0 spiro atoms. The number of imidazole rings is 1. The highest BCUT2D eigenvalue weighted by molar-refractivity contribution is 6.32. The first kappa shape index (κ1) is 9.95. The Morgan fingerprint density at radius 1 is 1.53 bits per heavy atom. The number of aromatic nitrogens is 2. The van der Waals surface area contributed by atoms with Gasteiger partial charge in [-0.05, 0) is 6.07 Å². The zero-order chi connectivity index (χ0) is 10.8. The molecule has 0 saturated heterocycles. The van der Waals surface area contributed by atoms with Crippen LogP contribution in [0.2, 0.25) is 0 Å². The van der Waals surface area contributed by atoms with Crippen LogP contribution in [0, 0.1) is 0 Å². The molecule has 1 N–H and O–H groups in total. The van der Waals surface area contributed by atoms with Crippen molar-refractivity contribution < 1.29 is 8.78 Å². The molecule has 78 valence electrons. The van der Waals surface area contributed by atoms with Gasteiger partial charge in [-0.25, -0.2) is 13.8 Å². The summed E-state index contributed by atoms with van der Waals surface area (Å²) in [6, 6.07) is 1.81. The Labute approximate surface area is 86.5 Å². The lowest BCUT2D eigenvalue weighted by Crippen LogP contribution is -2.14. The van der Waals surface area contributed by atoms with Crippen LogP contribution in [0.3, 0.4) is 0 Å². The number of pyridine rings is 1. The Kier molecular flexibility index (Phi) is 2.57. The summed E-state index contributed by atoms with van der Waals surface area (Å²) in [5.74, 6) is 0. The normalized spacial score (nSPS) is 11.1. The molecule has 2 rings (SSSR count). The van der Waals surface area contributed by atoms with Gasteiger partial charge in [0.2, 0.25) is 0 Å². The van der Waals surface area contributed by atoms with Gasteiger partial charge in [0.1, 0.15) is 7.85 Å². The van der Waals surface area contributed by atoms with Gasteiger partial charge in [0.05, 0.1) is 12.2 Å². The maximum Gasteiger partial charge on any atom is 0.255 e. The number of halogens is 2. The fourth-order valence-corrected chi connectivity index (χ4v) is 1.49. The van der Waals surface area contributed by atoms with Crippen molar-refractivity contribution in [2.24, 2.45) is 0 Å². The summed E-state index contributed by atoms with van der Waals surface area (Å²) >= 11 is 0. The second-order valence-electron chi connectivity index (χ2n) is 3.36. The van der Waals surface area contributed by atoms with Crippen molar-refractivity contribution in [3.05, 3.63) is 24.7 Å². The number of fused-ring (bicyclic) bond motifs is 1. The maximum absolute atomic E-state index is 12.1. The minimum atomic E-state index is -2.36. The van der Waals surface area contributed by atoms with E-state index >= 15 is 0 Å². The number of alkyl halides is 2. The second-order valence-corrected chi connectivity index (χ2v) is 3.36. The van der Waals surface area contributed by atoms with E-state index in [-0.39, 0.29) is 6.54 Å². The predicted octanol–water partition coefficient (Wildman–Crippen LogP) is 0.270. The van der Waals surface area contributed by atoms with Crippen molar-refractivity contribution in [2.75, 3.05) is 11.9 Å². The number of hydrogen-bond donors (Lipinski definition) is 1. The van der Waals surface area contributed by atoms with E-state index in [2.05, 4.69) is 10.3 Å². The standard InChI is InChI=1S/C9H10BF2N3/c10-6-3-7(14-4-8(11)12)9-13-1-2-15(9)5-6/h1-3,5,8,14H,4,10H2. The lowest BCUT2D eigenvalue weighted by atomic mass is 9.98. The minimum absolute atomic E-state index is 0.355. The summed E-state index contributed by atoms with van der Waals surface area (Å²) in [5.41, 5.74) is 2.30. The minimum Gasteiger partial charge on any atom is -0.376 e. The average Bonchev–Trinajstić information content (AvgIpc) is 2.61. The molecule has 2 aromatic rings. The van der Waals surface area contributed by atoms with Crippen molar-refractivity contribution in [3.63, 3.8) is 0 Å². The van der Waals surface area contributed by atoms with Crippen LogP contribution in [0.25, 0.3) is 5.65 Å². The molecule has 0 saturated carbocycles. The van der Waals surface area contributed by atoms with Gasteiger partial charge in [0.15, 0.2) is 5.65 Å². The first-order chi connectivity index (χ1) is 7.16. The Balaban J connectivity index is 2.35. The molecule has 0 aliphatic heterocycles. The van der Waals surface area contributed by atoms with Crippen LogP contribution in [0.5, 0.6) is 0 Å². The van der Waals surface area contributed by atoms with Crippen LogP contribution in [0.15, 0.2) is 24.7 Å². The highest BCUT2D eigenvalue weighted by atomic mass is 19.3. The van der Waals surface area contributed by atoms with Gasteiger partial charge in [-0.3, -0.25) is 0 Å². The Morgan fingerprint density at radius 2 is 2.33 bits per heavy atom. The molecule has 15 heavy (non-hydrogen) atoms. The highest BCUT2D eigenvalue weighted by Gasteiger charge is 2.06. The van der Waals surface area contributed by atoms with Gasteiger partial charge < -0.3 is 9.72 Å². The van der Waals surface area contributed by atoms with Crippen LogP contribution in [-0.2, 0) is 0 Å². The molecule has 0 aliphatic carbocycles. The van der Waals surface area contributed by atoms with E-state index in [4.69, 9.17) is 0 Å². The topological polar surface area (TPSA) is 29.3 Å². The van der Waals surface area contributed by atoms with Gasteiger partial charge in [0.25, 0.3) is 6.43 Å². The number of hydrogen-bond acceptors (Lipinski definition) is 2. The van der Waals surface area contributed by atoms with Gasteiger partial charge in [-0.15, -0.1) is 0 Å². The van der Waals surface area contributed by atoms with Crippen LogP contribution in [0.1, 0.15) is 0 Å². The van der Waals surface area contributed by atoms with E-state index in [1.54, 1.807) is 12.4 Å². The summed E-state index contributed by atoms with van der Waals surface area (Å²) in [7, 11) is 1.91. The summed E-state index contributed by atoms with van der Waals surface area (Å²) < 4.78 is 25.9. The highest BCUT2D eigenvalue weighted by Crippen LogP contribution is 2.13. The molecule has 2 heterocycles. The molecular weight excluding hydrogens is 199 g/mol. The van der Waals surface area contributed by atoms with Crippen LogP contribution in [0.4, 0.5) is 14.5 Å². The van der Waals surface area contributed by atoms with Crippen molar-refractivity contribution in [2.45, 2.75) is 6.43 Å². The van der Waals surface area contributed by atoms with E-state index in [1.807, 2.05) is 24.5 Å². The lowest BCUT2D eigenvalue weighted by Gasteiger charge is -2.08. The zero-order valence-electron chi connectivity index (χ0n) is 8.24. The van der Waals surface area contributed by atoms with Crippen molar-refractivity contribution in [1.82, 2.24) is 9.38 Å². The summed E-state index contributed by atoms with van der Waals surface area (Å²) in [5, 5.41) is 2.68. The van der Waals surface area contributed by atoms with Crippen molar-refractivity contribution in [1.29, 1.82) is 0 Å². The van der Waals surface area contributed by atoms with Crippen LogP contribution >= 0.6 is 0 Å². The number of nitrogens with one attached hydrogen (secondary N) is 1. The second kappa shape index (κ2) is 3.88. The van der Waals surface area contributed by atoms with E-state index in [0.29, 0.717) is 11.3 Å². The SMILES string of the molecule is Bc1cc(NCC(F)F)c2nccn2c1. The van der Waals surface area contributed by atoms with Crippen LogP contribution in [-0.4, -0.2) is 30.2 Å². The van der Waals surface area contributed by atoms with Gasteiger partial charge in [-0.1, -0.05) is 5.46 Å². The summed E-state index contributed by atoms with van der Waals surface area (Å²) in [4.78, 5) is 4.09. The van der Waals surface area contributed by atoms with Gasteiger partial charge >= 0.3 is 0 Å². The fraction of sp³-hybridized carbons (Fsp3) is 0.222. The lowest BCUT2D eigenvalue weighted by molar-refractivity contribution is 0.163. The third-order valence-corrected chi connectivity index (χ3v) is 2.07. The molecule has 0 amide bonds. The summed E-state index contributed by atoms with van der Waals surface area (Å²) in [6.07, 6.45) is 2.97. The molecule has 6 heteroatoms. The fourth-order valence-electron chi connectivity index (χ4n) is 1.49. The Bertz CT molecular complexity index is 469. The molecule has 0 bridgehead atoms. The van der Waals surface area contributed by atoms with Crippen molar-refractivity contribution in [3.8, 4) is 0 Å². The average molecular weight is 209 g/mol. The smallest absolute Gasteiger partial charge is 0.255 e. The molecule has 2 aromatic heterocycles. The predicted molar refractivity (Wildman–Crippen MR) is 57.9 cm³/mol.